The molecule has 0 aliphatic rings. The smallest absolute Gasteiger partial charge is 0.343 e. The molecule has 0 aliphatic carbocycles. The number of esters is 1. The summed E-state index contributed by atoms with van der Waals surface area (Å²) in [6.07, 6.45) is 0. The average molecular weight is 459 g/mol. The maximum Gasteiger partial charge on any atom is 0.343 e. The normalized spacial score (nSPS) is 11.6. The van der Waals surface area contributed by atoms with Gasteiger partial charge in [-0.05, 0) is 60.1 Å². The van der Waals surface area contributed by atoms with Gasteiger partial charge in [0.1, 0.15) is 17.3 Å². The second-order valence-corrected chi connectivity index (χ2v) is 9.68. The maximum atomic E-state index is 12.9. The van der Waals surface area contributed by atoms with E-state index in [-0.39, 0.29) is 22.7 Å². The van der Waals surface area contributed by atoms with Crippen LogP contribution in [0.3, 0.4) is 0 Å². The van der Waals surface area contributed by atoms with Gasteiger partial charge in [-0.15, -0.1) is 0 Å². The first kappa shape index (κ1) is 23.4. The zero-order valence-electron chi connectivity index (χ0n) is 18.8. The molecule has 164 valence electrons. The Kier molecular flexibility index (Phi) is 6.82. The van der Waals surface area contributed by atoms with Crippen molar-refractivity contribution >= 4 is 29.2 Å². The molecule has 0 amide bonds. The van der Waals surface area contributed by atoms with Gasteiger partial charge in [0.2, 0.25) is 0 Å². The predicted molar refractivity (Wildman–Crippen MR) is 126 cm³/mol. The van der Waals surface area contributed by atoms with Crippen molar-refractivity contribution in [2.75, 3.05) is 0 Å². The Labute approximate surface area is 194 Å². The summed E-state index contributed by atoms with van der Waals surface area (Å²) in [5.41, 5.74) is 6.24. The van der Waals surface area contributed by atoms with Crippen molar-refractivity contribution in [2.24, 2.45) is 0 Å². The molecule has 1 heterocycles. The lowest BCUT2D eigenvalue weighted by Gasteiger charge is -2.22. The highest BCUT2D eigenvalue weighted by Crippen LogP contribution is 2.28. The Balaban J connectivity index is 1.79. The summed E-state index contributed by atoms with van der Waals surface area (Å²) in [7, 11) is 0. The van der Waals surface area contributed by atoms with Gasteiger partial charge in [-0.2, -0.15) is 5.10 Å². The van der Waals surface area contributed by atoms with Crippen LogP contribution in [0.4, 0.5) is 0 Å². The van der Waals surface area contributed by atoms with Crippen molar-refractivity contribution in [3.63, 3.8) is 0 Å². The summed E-state index contributed by atoms with van der Waals surface area (Å²) in [5.74, 6) is -0.480. The Morgan fingerprint density at radius 2 is 1.68 bits per heavy atom. The van der Waals surface area contributed by atoms with Crippen molar-refractivity contribution in [1.29, 1.82) is 0 Å². The molecule has 2 aromatic carbocycles. The fraction of sp³-hybridized carbons (Fsp3) is 0.360. The summed E-state index contributed by atoms with van der Waals surface area (Å²) in [6, 6.07) is 11.8. The third-order valence-corrected chi connectivity index (χ3v) is 6.21. The first-order chi connectivity index (χ1) is 14.5. The summed E-state index contributed by atoms with van der Waals surface area (Å²) in [5, 5.41) is 5.30. The van der Waals surface area contributed by atoms with E-state index in [1.807, 2.05) is 38.1 Å². The number of aromatic nitrogens is 2. The van der Waals surface area contributed by atoms with E-state index in [1.165, 1.54) is 5.56 Å². The molecule has 0 atom stereocenters. The highest BCUT2D eigenvalue weighted by atomic mass is 35.5. The van der Waals surface area contributed by atoms with Gasteiger partial charge in [0.15, 0.2) is 0 Å². The van der Waals surface area contributed by atoms with E-state index in [2.05, 4.69) is 38.0 Å². The summed E-state index contributed by atoms with van der Waals surface area (Å²) in [4.78, 5) is 12.9. The zero-order valence-corrected chi connectivity index (χ0v) is 20.4. The SMILES string of the molecule is Cc1cc(C(C)(C)C)cc(C)c1COC(=O)c1c(C)nn(Cc2ccccc2Cl)c1Cl. The fourth-order valence-corrected chi connectivity index (χ4v) is 4.05. The van der Waals surface area contributed by atoms with Crippen molar-refractivity contribution in [3.8, 4) is 0 Å². The monoisotopic (exact) mass is 458 g/mol. The number of hydrogen-bond donors (Lipinski definition) is 0. The van der Waals surface area contributed by atoms with Crippen LogP contribution in [-0.2, 0) is 23.3 Å². The van der Waals surface area contributed by atoms with Crippen molar-refractivity contribution < 1.29 is 9.53 Å². The number of benzene rings is 2. The Hall–Kier alpha value is -2.30. The maximum absolute atomic E-state index is 12.9. The minimum absolute atomic E-state index is 0.0611. The molecule has 0 radical (unpaired) electrons. The van der Waals surface area contributed by atoms with E-state index in [9.17, 15) is 4.79 Å². The van der Waals surface area contributed by atoms with Crippen LogP contribution in [0.1, 0.15) is 64.6 Å². The molecule has 31 heavy (non-hydrogen) atoms. The molecule has 0 aliphatic heterocycles. The number of ether oxygens (including phenoxy) is 1. The molecule has 3 rings (SSSR count). The molecule has 3 aromatic rings. The van der Waals surface area contributed by atoms with Crippen LogP contribution in [0.2, 0.25) is 10.2 Å². The van der Waals surface area contributed by atoms with E-state index in [0.29, 0.717) is 17.3 Å². The van der Waals surface area contributed by atoms with Crippen LogP contribution in [0, 0.1) is 20.8 Å². The van der Waals surface area contributed by atoms with E-state index < -0.39 is 5.97 Å². The summed E-state index contributed by atoms with van der Waals surface area (Å²) in [6.45, 7) is 13.0. The largest absolute Gasteiger partial charge is 0.457 e. The molecule has 6 heteroatoms. The molecule has 0 bridgehead atoms. The van der Waals surface area contributed by atoms with E-state index >= 15 is 0 Å². The van der Waals surface area contributed by atoms with Gasteiger partial charge < -0.3 is 4.74 Å². The highest BCUT2D eigenvalue weighted by molar-refractivity contribution is 6.33. The fourth-order valence-electron chi connectivity index (χ4n) is 3.54. The van der Waals surface area contributed by atoms with Gasteiger partial charge in [0.25, 0.3) is 0 Å². The average Bonchev–Trinajstić information content (AvgIpc) is 2.95. The molecule has 0 saturated heterocycles. The second kappa shape index (κ2) is 9.05. The Morgan fingerprint density at radius 3 is 2.26 bits per heavy atom. The Morgan fingerprint density at radius 1 is 1.06 bits per heavy atom. The number of hydrogen-bond acceptors (Lipinski definition) is 3. The standard InChI is InChI=1S/C25H28Cl2N2O2/c1-15-11-19(25(4,5)6)12-16(2)20(15)14-31-24(30)22-17(3)28-29(23(22)27)13-18-9-7-8-10-21(18)26/h7-12H,13-14H2,1-6H3. The molecule has 0 fully saturated rings. The number of nitrogens with zero attached hydrogens (tertiary/aromatic N) is 2. The predicted octanol–water partition coefficient (Wildman–Crippen LogP) is 6.82. The first-order valence-electron chi connectivity index (χ1n) is 10.2. The number of rotatable bonds is 5. The van der Waals surface area contributed by atoms with Crippen LogP contribution in [0.5, 0.6) is 0 Å². The van der Waals surface area contributed by atoms with Crippen LogP contribution >= 0.6 is 23.2 Å². The Bertz CT molecular complexity index is 1100. The molecular formula is C25H28Cl2N2O2. The number of carbonyl (C=O) groups is 1. The lowest BCUT2D eigenvalue weighted by Crippen LogP contribution is -2.13. The molecule has 0 saturated carbocycles. The number of halogens is 2. The number of carbonyl (C=O) groups excluding carboxylic acids is 1. The topological polar surface area (TPSA) is 44.1 Å². The van der Waals surface area contributed by atoms with Crippen molar-refractivity contribution in [1.82, 2.24) is 9.78 Å². The van der Waals surface area contributed by atoms with Crippen LogP contribution < -0.4 is 0 Å². The third-order valence-electron chi connectivity index (χ3n) is 5.46. The third kappa shape index (κ3) is 5.13. The van der Waals surface area contributed by atoms with Gasteiger partial charge in [0.05, 0.1) is 12.2 Å². The summed E-state index contributed by atoms with van der Waals surface area (Å²) < 4.78 is 7.22. The highest BCUT2D eigenvalue weighted by Gasteiger charge is 2.23. The quantitative estimate of drug-likeness (QED) is 0.394. The van der Waals surface area contributed by atoms with Gasteiger partial charge in [-0.1, -0.05) is 74.3 Å². The lowest BCUT2D eigenvalue weighted by atomic mass is 9.84. The van der Waals surface area contributed by atoms with Crippen LogP contribution in [0.25, 0.3) is 0 Å². The minimum Gasteiger partial charge on any atom is -0.457 e. The zero-order chi connectivity index (χ0) is 22.9. The molecule has 4 nitrogen and oxygen atoms in total. The number of aryl methyl sites for hydroxylation is 3. The molecule has 0 N–H and O–H groups in total. The molecule has 0 spiro atoms. The van der Waals surface area contributed by atoms with Gasteiger partial charge in [-0.25, -0.2) is 9.48 Å². The second-order valence-electron chi connectivity index (χ2n) is 8.92. The lowest BCUT2D eigenvalue weighted by molar-refractivity contribution is 0.0470. The first-order valence-corrected chi connectivity index (χ1v) is 11.0. The van der Waals surface area contributed by atoms with E-state index in [4.69, 9.17) is 27.9 Å². The van der Waals surface area contributed by atoms with Crippen LogP contribution in [0.15, 0.2) is 36.4 Å². The van der Waals surface area contributed by atoms with E-state index in [0.717, 1.165) is 22.3 Å². The van der Waals surface area contributed by atoms with Gasteiger partial charge in [0, 0.05) is 5.02 Å². The molecular weight excluding hydrogens is 431 g/mol. The van der Waals surface area contributed by atoms with Gasteiger partial charge >= 0.3 is 5.97 Å². The molecule has 0 unspecified atom stereocenters. The minimum atomic E-state index is -0.480. The van der Waals surface area contributed by atoms with Crippen LogP contribution in [-0.4, -0.2) is 15.7 Å². The van der Waals surface area contributed by atoms with Gasteiger partial charge in [-0.3, -0.25) is 0 Å². The van der Waals surface area contributed by atoms with Crippen molar-refractivity contribution in [3.05, 3.63) is 85.6 Å². The van der Waals surface area contributed by atoms with E-state index in [1.54, 1.807) is 11.6 Å². The van der Waals surface area contributed by atoms with Crippen molar-refractivity contribution in [2.45, 2.75) is 60.1 Å². The molecule has 1 aromatic heterocycles. The summed E-state index contributed by atoms with van der Waals surface area (Å²) >= 11 is 12.7.